The van der Waals surface area contributed by atoms with E-state index in [0.29, 0.717) is 17.9 Å². The smallest absolute Gasteiger partial charge is 0.141 e. The van der Waals surface area contributed by atoms with Gasteiger partial charge in [-0.2, -0.15) is 0 Å². The van der Waals surface area contributed by atoms with Crippen molar-refractivity contribution in [1.82, 2.24) is 5.32 Å². The number of ether oxygens (including phenoxy) is 1. The Hall–Kier alpha value is -1.87. The topological polar surface area (TPSA) is 45.1 Å². The molecule has 1 aliphatic rings. The van der Waals surface area contributed by atoms with Gasteiger partial charge in [0, 0.05) is 12.8 Å². The molecule has 1 aromatic carbocycles. The molecule has 1 aliphatic carbocycles. The lowest BCUT2D eigenvalue weighted by Crippen LogP contribution is -2.17. The molecule has 1 atom stereocenters. The Balaban J connectivity index is 2.12. The molecule has 0 saturated heterocycles. The molecule has 0 unspecified atom stereocenters. The monoisotopic (exact) mass is 256 g/mol. The predicted molar refractivity (Wildman–Crippen MR) is 78.4 cm³/mol. The fourth-order valence-electron chi connectivity index (χ4n) is 2.04. The van der Waals surface area contributed by atoms with Gasteiger partial charge in [0.05, 0.1) is 5.71 Å². The van der Waals surface area contributed by atoms with Crippen molar-refractivity contribution in [3.63, 3.8) is 0 Å². The fourth-order valence-corrected chi connectivity index (χ4v) is 2.04. The largest absolute Gasteiger partial charge is 0.484 e. The maximum Gasteiger partial charge on any atom is 0.141 e. The summed E-state index contributed by atoms with van der Waals surface area (Å²) in [5.74, 6) is 0.687. The first-order valence-corrected chi connectivity index (χ1v) is 6.62. The quantitative estimate of drug-likeness (QED) is 0.821. The van der Waals surface area contributed by atoms with Gasteiger partial charge in [0.1, 0.15) is 11.9 Å². The van der Waals surface area contributed by atoms with Crippen LogP contribution in [0.2, 0.25) is 0 Å². The first-order valence-electron chi connectivity index (χ1n) is 6.62. The average molecular weight is 256 g/mol. The minimum absolute atomic E-state index is 0.00764. The van der Waals surface area contributed by atoms with Crippen LogP contribution in [-0.4, -0.2) is 19.3 Å². The lowest BCUT2D eigenvalue weighted by atomic mass is 10.1. The third-order valence-electron chi connectivity index (χ3n) is 3.10. The fraction of sp³-hybridized carbons (Fsp3) is 0.312. The van der Waals surface area contributed by atoms with Crippen LogP contribution in [0.5, 0.6) is 0 Å². The van der Waals surface area contributed by atoms with Crippen molar-refractivity contribution in [2.75, 3.05) is 13.6 Å². The Morgan fingerprint density at radius 3 is 2.79 bits per heavy atom. The van der Waals surface area contributed by atoms with Crippen LogP contribution in [0, 0.1) is 5.41 Å². The van der Waals surface area contributed by atoms with Crippen molar-refractivity contribution in [3.05, 3.63) is 59.9 Å². The lowest BCUT2D eigenvalue weighted by molar-refractivity contribution is 0.122. The molecule has 0 amide bonds. The van der Waals surface area contributed by atoms with Gasteiger partial charge in [0.25, 0.3) is 0 Å². The molecule has 0 aliphatic heterocycles. The molecule has 19 heavy (non-hydrogen) atoms. The second-order valence-electron chi connectivity index (χ2n) is 4.55. The molecular formula is C16H20N2O. The summed E-state index contributed by atoms with van der Waals surface area (Å²) in [6.07, 6.45) is 7.33. The normalized spacial score (nSPS) is 16.1. The summed E-state index contributed by atoms with van der Waals surface area (Å²) >= 11 is 0. The Morgan fingerprint density at radius 2 is 2.11 bits per heavy atom. The molecule has 1 aromatic rings. The summed E-state index contributed by atoms with van der Waals surface area (Å²) in [7, 11) is 1.94. The third kappa shape index (κ3) is 3.80. The van der Waals surface area contributed by atoms with E-state index in [-0.39, 0.29) is 6.10 Å². The average Bonchev–Trinajstić information content (AvgIpc) is 2.46. The Bertz CT molecular complexity index is 477. The zero-order chi connectivity index (χ0) is 13.5. The molecule has 100 valence electrons. The molecule has 3 heteroatoms. The maximum atomic E-state index is 7.92. The summed E-state index contributed by atoms with van der Waals surface area (Å²) in [5, 5.41) is 11.1. The molecular weight excluding hydrogens is 236 g/mol. The highest BCUT2D eigenvalue weighted by Gasteiger charge is 2.17. The van der Waals surface area contributed by atoms with Crippen molar-refractivity contribution < 1.29 is 4.74 Å². The molecule has 0 fully saturated rings. The minimum atomic E-state index is -0.00764. The van der Waals surface area contributed by atoms with E-state index < -0.39 is 0 Å². The molecule has 0 spiro atoms. The molecule has 0 saturated carbocycles. The zero-order valence-corrected chi connectivity index (χ0v) is 11.2. The Kier molecular flexibility index (Phi) is 4.93. The summed E-state index contributed by atoms with van der Waals surface area (Å²) in [6, 6.07) is 10.2. The van der Waals surface area contributed by atoms with Gasteiger partial charge >= 0.3 is 0 Å². The van der Waals surface area contributed by atoms with E-state index in [1.165, 1.54) is 0 Å². The zero-order valence-electron chi connectivity index (χ0n) is 11.2. The van der Waals surface area contributed by atoms with Crippen LogP contribution >= 0.6 is 0 Å². The highest BCUT2D eigenvalue weighted by atomic mass is 16.5. The number of allylic oxidation sites excluding steroid dienone is 4. The predicted octanol–water partition coefficient (Wildman–Crippen LogP) is 3.22. The van der Waals surface area contributed by atoms with E-state index in [4.69, 9.17) is 10.1 Å². The van der Waals surface area contributed by atoms with Crippen LogP contribution in [0.15, 0.2) is 54.3 Å². The Labute approximate surface area is 114 Å². The van der Waals surface area contributed by atoms with Crippen molar-refractivity contribution in [1.29, 1.82) is 5.41 Å². The lowest BCUT2D eigenvalue weighted by Gasteiger charge is -2.22. The molecule has 2 rings (SSSR count). The summed E-state index contributed by atoms with van der Waals surface area (Å²) < 4.78 is 6.04. The van der Waals surface area contributed by atoms with Crippen molar-refractivity contribution in [2.45, 2.75) is 18.9 Å². The van der Waals surface area contributed by atoms with E-state index in [1.54, 1.807) is 0 Å². The number of benzene rings is 1. The number of nitrogens with one attached hydrogen (secondary N) is 2. The van der Waals surface area contributed by atoms with Crippen molar-refractivity contribution in [3.8, 4) is 0 Å². The Morgan fingerprint density at radius 1 is 1.32 bits per heavy atom. The standard InChI is InChI=1S/C16H20N2O/c1-18-12-11-15(13-7-3-2-4-8-13)19-16-10-6-5-9-14(16)17/h2-8,10,15,17-18H,9,11-12H2,1H3/t15-/m1/s1. The molecule has 0 heterocycles. The van der Waals surface area contributed by atoms with Crippen LogP contribution in [0.25, 0.3) is 0 Å². The number of rotatable bonds is 6. The van der Waals surface area contributed by atoms with Crippen molar-refractivity contribution >= 4 is 5.71 Å². The van der Waals surface area contributed by atoms with E-state index >= 15 is 0 Å². The first kappa shape index (κ1) is 13.6. The van der Waals surface area contributed by atoms with Gasteiger partial charge in [-0.3, -0.25) is 0 Å². The molecule has 0 bridgehead atoms. The van der Waals surface area contributed by atoms with Gasteiger partial charge in [0.15, 0.2) is 0 Å². The second-order valence-corrected chi connectivity index (χ2v) is 4.55. The van der Waals surface area contributed by atoms with Gasteiger partial charge < -0.3 is 15.5 Å². The maximum absolute atomic E-state index is 7.92. The molecule has 2 N–H and O–H groups in total. The van der Waals surface area contributed by atoms with Crippen LogP contribution in [0.3, 0.4) is 0 Å². The summed E-state index contributed by atoms with van der Waals surface area (Å²) in [6.45, 7) is 0.885. The van der Waals surface area contributed by atoms with E-state index in [9.17, 15) is 0 Å². The third-order valence-corrected chi connectivity index (χ3v) is 3.10. The highest BCUT2D eigenvalue weighted by molar-refractivity contribution is 5.98. The first-order chi connectivity index (χ1) is 9.31. The van der Waals surface area contributed by atoms with Gasteiger partial charge in [-0.1, -0.05) is 42.5 Å². The van der Waals surface area contributed by atoms with Crippen LogP contribution in [0.4, 0.5) is 0 Å². The van der Waals surface area contributed by atoms with Gasteiger partial charge in [-0.05, 0) is 25.2 Å². The number of hydrogen-bond acceptors (Lipinski definition) is 3. The van der Waals surface area contributed by atoms with E-state index in [0.717, 1.165) is 18.5 Å². The van der Waals surface area contributed by atoms with Gasteiger partial charge in [-0.15, -0.1) is 0 Å². The van der Waals surface area contributed by atoms with Crippen LogP contribution in [0.1, 0.15) is 24.5 Å². The molecule has 0 aromatic heterocycles. The van der Waals surface area contributed by atoms with Crippen LogP contribution in [-0.2, 0) is 4.74 Å². The molecule has 0 radical (unpaired) electrons. The highest BCUT2D eigenvalue weighted by Crippen LogP contribution is 2.25. The SMILES string of the molecule is CNCC[C@@H](OC1=CC=CCC1=N)c1ccccc1. The van der Waals surface area contributed by atoms with Crippen molar-refractivity contribution in [2.24, 2.45) is 0 Å². The summed E-state index contributed by atoms with van der Waals surface area (Å²) in [4.78, 5) is 0. The van der Waals surface area contributed by atoms with E-state index in [2.05, 4.69) is 17.4 Å². The van der Waals surface area contributed by atoms with Gasteiger partial charge in [0.2, 0.25) is 0 Å². The van der Waals surface area contributed by atoms with E-state index in [1.807, 2.05) is 43.5 Å². The van der Waals surface area contributed by atoms with Gasteiger partial charge in [-0.25, -0.2) is 0 Å². The minimum Gasteiger partial charge on any atom is -0.484 e. The van der Waals surface area contributed by atoms with Crippen LogP contribution < -0.4 is 5.32 Å². The second kappa shape index (κ2) is 6.90. The number of hydrogen-bond donors (Lipinski definition) is 2. The molecule has 3 nitrogen and oxygen atoms in total. The summed E-state index contributed by atoms with van der Waals surface area (Å²) in [5.41, 5.74) is 1.70.